The van der Waals surface area contributed by atoms with Gasteiger partial charge in [0.15, 0.2) is 6.61 Å². The summed E-state index contributed by atoms with van der Waals surface area (Å²) >= 11 is 0. The number of carbonyl (C=O) groups excluding carboxylic acids is 1. The molecule has 0 saturated carbocycles. The quantitative estimate of drug-likeness (QED) is 0.848. The molecular formula is C17H17FN2O5. The van der Waals surface area contributed by atoms with E-state index < -0.39 is 35.9 Å². The van der Waals surface area contributed by atoms with Crippen LogP contribution in [0, 0.1) is 5.92 Å². The molecule has 3 rings (SSSR count). The highest BCUT2D eigenvalue weighted by Crippen LogP contribution is 2.41. The molecule has 1 aromatic heterocycles. The van der Waals surface area contributed by atoms with Crippen LogP contribution in [-0.2, 0) is 9.47 Å². The second-order valence-electron chi connectivity index (χ2n) is 6.03. The Hall–Kier alpha value is -2.74. The topological polar surface area (TPSA) is 90.4 Å². The van der Waals surface area contributed by atoms with E-state index in [0.29, 0.717) is 5.56 Å². The van der Waals surface area contributed by atoms with Crippen molar-refractivity contribution in [1.29, 1.82) is 0 Å². The lowest BCUT2D eigenvalue weighted by Crippen LogP contribution is -2.35. The van der Waals surface area contributed by atoms with Gasteiger partial charge in [-0.15, -0.1) is 0 Å². The van der Waals surface area contributed by atoms with Gasteiger partial charge in [0, 0.05) is 24.6 Å². The molecule has 25 heavy (non-hydrogen) atoms. The molecule has 0 aliphatic carbocycles. The molecule has 0 unspecified atom stereocenters. The number of carbonyl (C=O) groups is 1. The molecule has 132 valence electrons. The molecule has 8 heteroatoms. The van der Waals surface area contributed by atoms with Crippen molar-refractivity contribution >= 4 is 5.97 Å². The van der Waals surface area contributed by atoms with E-state index in [2.05, 4.69) is 4.98 Å². The molecule has 1 aliphatic rings. The predicted molar refractivity (Wildman–Crippen MR) is 85.8 cm³/mol. The number of H-pyrrole nitrogens is 1. The largest absolute Gasteiger partial charge is 0.456 e. The fraction of sp³-hybridized carbons (Fsp3) is 0.353. The Labute approximate surface area is 142 Å². The smallest absolute Gasteiger partial charge is 0.338 e. The average molecular weight is 348 g/mol. The maximum atomic E-state index is 14.9. The highest BCUT2D eigenvalue weighted by molar-refractivity contribution is 5.89. The Morgan fingerprint density at radius 3 is 2.76 bits per heavy atom. The fourth-order valence-corrected chi connectivity index (χ4v) is 2.84. The van der Waals surface area contributed by atoms with Crippen LogP contribution in [-0.4, -0.2) is 28.0 Å². The molecule has 0 bridgehead atoms. The van der Waals surface area contributed by atoms with Gasteiger partial charge in [0.2, 0.25) is 5.85 Å². The standard InChI is InChI=1S/C17H17FN2O5/c1-11-9-17(18,10-24-15(22)12-5-3-2-4-6-12)25-14(11)20-8-7-13(21)19-16(20)23/h2-8,11,14H,9-10H2,1H3,(H,19,21,23)/t11-,14+,17-/m0/s1. The summed E-state index contributed by atoms with van der Waals surface area (Å²) < 4.78 is 26.4. The summed E-state index contributed by atoms with van der Waals surface area (Å²) in [4.78, 5) is 37.0. The van der Waals surface area contributed by atoms with Gasteiger partial charge in [-0.1, -0.05) is 25.1 Å². The van der Waals surface area contributed by atoms with Gasteiger partial charge in [-0.25, -0.2) is 14.0 Å². The lowest BCUT2D eigenvalue weighted by atomic mass is 10.0. The minimum atomic E-state index is -2.20. The van der Waals surface area contributed by atoms with E-state index in [1.165, 1.54) is 6.20 Å². The Kier molecular flexibility index (Phi) is 4.54. The minimum Gasteiger partial charge on any atom is -0.456 e. The number of nitrogens with zero attached hydrogens (tertiary/aromatic N) is 1. The molecular weight excluding hydrogens is 331 g/mol. The molecule has 3 atom stereocenters. The van der Waals surface area contributed by atoms with Gasteiger partial charge in [0.05, 0.1) is 5.56 Å². The van der Waals surface area contributed by atoms with Crippen LogP contribution in [0.25, 0.3) is 0 Å². The van der Waals surface area contributed by atoms with E-state index in [9.17, 15) is 18.8 Å². The number of ether oxygens (including phenoxy) is 2. The van der Waals surface area contributed by atoms with Crippen molar-refractivity contribution in [1.82, 2.24) is 9.55 Å². The zero-order valence-corrected chi connectivity index (χ0v) is 13.5. The van der Waals surface area contributed by atoms with Crippen LogP contribution in [0.5, 0.6) is 0 Å². The predicted octanol–water partition coefficient (Wildman–Crippen LogP) is 1.61. The number of halogens is 1. The Balaban J connectivity index is 1.70. The summed E-state index contributed by atoms with van der Waals surface area (Å²) in [5, 5.41) is 0. The summed E-state index contributed by atoms with van der Waals surface area (Å²) in [5.74, 6) is -3.22. The van der Waals surface area contributed by atoms with Crippen molar-refractivity contribution in [2.75, 3.05) is 6.61 Å². The number of hydrogen-bond donors (Lipinski definition) is 1. The molecule has 1 aromatic carbocycles. The van der Waals surface area contributed by atoms with Gasteiger partial charge in [0.25, 0.3) is 5.56 Å². The molecule has 2 aromatic rings. The van der Waals surface area contributed by atoms with Crippen LogP contribution < -0.4 is 11.2 Å². The summed E-state index contributed by atoms with van der Waals surface area (Å²) in [6.07, 6.45) is 0.305. The molecule has 7 nitrogen and oxygen atoms in total. The van der Waals surface area contributed by atoms with E-state index in [1.54, 1.807) is 37.3 Å². The van der Waals surface area contributed by atoms with Crippen LogP contribution in [0.4, 0.5) is 4.39 Å². The van der Waals surface area contributed by atoms with E-state index in [1.807, 2.05) is 0 Å². The molecule has 2 heterocycles. The third-order valence-corrected chi connectivity index (χ3v) is 4.00. The van der Waals surface area contributed by atoms with Crippen LogP contribution in [0.2, 0.25) is 0 Å². The first-order chi connectivity index (χ1) is 11.9. The van der Waals surface area contributed by atoms with Crippen molar-refractivity contribution < 1.29 is 18.7 Å². The van der Waals surface area contributed by atoms with Crippen molar-refractivity contribution in [2.45, 2.75) is 25.4 Å². The van der Waals surface area contributed by atoms with Gasteiger partial charge in [-0.2, -0.15) is 0 Å². The first-order valence-electron chi connectivity index (χ1n) is 7.78. The first kappa shape index (κ1) is 17.1. The number of alkyl halides is 1. The second kappa shape index (κ2) is 6.64. The van der Waals surface area contributed by atoms with Crippen molar-refractivity contribution in [3.8, 4) is 0 Å². The Morgan fingerprint density at radius 2 is 2.08 bits per heavy atom. The molecule has 1 N–H and O–H groups in total. The molecule has 1 aliphatic heterocycles. The lowest BCUT2D eigenvalue weighted by Gasteiger charge is -2.21. The number of aromatic nitrogens is 2. The fourth-order valence-electron chi connectivity index (χ4n) is 2.84. The van der Waals surface area contributed by atoms with Gasteiger partial charge >= 0.3 is 11.7 Å². The molecule has 0 spiro atoms. The van der Waals surface area contributed by atoms with Gasteiger partial charge in [-0.05, 0) is 12.1 Å². The molecule has 0 amide bonds. The summed E-state index contributed by atoms with van der Waals surface area (Å²) in [7, 11) is 0. The number of esters is 1. The third-order valence-electron chi connectivity index (χ3n) is 4.00. The molecule has 0 radical (unpaired) electrons. The summed E-state index contributed by atoms with van der Waals surface area (Å²) in [6.45, 7) is 1.13. The van der Waals surface area contributed by atoms with Crippen LogP contribution >= 0.6 is 0 Å². The number of hydrogen-bond acceptors (Lipinski definition) is 5. The van der Waals surface area contributed by atoms with E-state index in [4.69, 9.17) is 9.47 Å². The van der Waals surface area contributed by atoms with Gasteiger partial charge in [0.1, 0.15) is 6.23 Å². The molecule has 1 saturated heterocycles. The Morgan fingerprint density at radius 1 is 1.36 bits per heavy atom. The van der Waals surface area contributed by atoms with Crippen LogP contribution in [0.15, 0.2) is 52.2 Å². The number of nitrogens with one attached hydrogen (secondary N) is 1. The maximum Gasteiger partial charge on any atom is 0.338 e. The SMILES string of the molecule is C[C@H]1C[C@@](F)(COC(=O)c2ccccc2)O[C@H]1n1ccc(=O)[nH]c1=O. The van der Waals surface area contributed by atoms with E-state index in [0.717, 1.165) is 10.6 Å². The monoisotopic (exact) mass is 348 g/mol. The Bertz CT molecular complexity index is 878. The summed E-state index contributed by atoms with van der Waals surface area (Å²) in [6, 6.07) is 9.39. The van der Waals surface area contributed by atoms with Gasteiger partial charge in [-0.3, -0.25) is 14.3 Å². The zero-order valence-electron chi connectivity index (χ0n) is 13.5. The number of benzene rings is 1. The first-order valence-corrected chi connectivity index (χ1v) is 7.78. The number of aromatic amines is 1. The minimum absolute atomic E-state index is 0.0503. The van der Waals surface area contributed by atoms with Crippen molar-refractivity contribution in [3.63, 3.8) is 0 Å². The summed E-state index contributed by atoms with van der Waals surface area (Å²) in [5.41, 5.74) is -0.921. The number of rotatable bonds is 4. The van der Waals surface area contributed by atoms with Crippen molar-refractivity contribution in [2.24, 2.45) is 5.92 Å². The lowest BCUT2D eigenvalue weighted by molar-refractivity contribution is -0.179. The van der Waals surface area contributed by atoms with E-state index >= 15 is 0 Å². The second-order valence-corrected chi connectivity index (χ2v) is 6.03. The highest BCUT2D eigenvalue weighted by atomic mass is 19.2. The third kappa shape index (κ3) is 3.69. The zero-order chi connectivity index (χ0) is 18.0. The molecule has 1 fully saturated rings. The normalized spacial score (nSPS) is 25.7. The maximum absolute atomic E-state index is 14.9. The van der Waals surface area contributed by atoms with Crippen LogP contribution in [0.1, 0.15) is 29.9 Å². The van der Waals surface area contributed by atoms with E-state index in [-0.39, 0.29) is 12.3 Å². The van der Waals surface area contributed by atoms with Crippen molar-refractivity contribution in [3.05, 3.63) is 69.0 Å². The highest BCUT2D eigenvalue weighted by Gasteiger charge is 2.47. The van der Waals surface area contributed by atoms with Crippen LogP contribution in [0.3, 0.4) is 0 Å². The average Bonchev–Trinajstić information content (AvgIpc) is 2.88. The van der Waals surface area contributed by atoms with Gasteiger partial charge < -0.3 is 9.47 Å².